The third-order valence-electron chi connectivity index (χ3n) is 6.04. The molecule has 2 aliphatic rings. The Morgan fingerprint density at radius 3 is 2.43 bits per heavy atom. The smallest absolute Gasteiger partial charge is 0.233 e. The average molecular weight is 412 g/mol. The van der Waals surface area contributed by atoms with Gasteiger partial charge in [0.15, 0.2) is 0 Å². The van der Waals surface area contributed by atoms with Gasteiger partial charge in [-0.25, -0.2) is 0 Å². The summed E-state index contributed by atoms with van der Waals surface area (Å²) >= 11 is 0. The second-order valence-corrected chi connectivity index (χ2v) is 8.49. The number of ether oxygens (including phenoxy) is 2. The maximum absolute atomic E-state index is 9.63. The summed E-state index contributed by atoms with van der Waals surface area (Å²) in [6.07, 6.45) is 7.07. The third kappa shape index (κ3) is 6.49. The van der Waals surface area contributed by atoms with Crippen molar-refractivity contribution in [2.24, 2.45) is 0 Å². The fourth-order valence-electron chi connectivity index (χ4n) is 4.09. The van der Waals surface area contributed by atoms with E-state index in [4.69, 9.17) is 9.47 Å². The number of benzene rings is 1. The molecule has 6 nitrogen and oxygen atoms in total. The summed E-state index contributed by atoms with van der Waals surface area (Å²) in [7, 11) is 0. The summed E-state index contributed by atoms with van der Waals surface area (Å²) < 4.78 is 11.4. The van der Waals surface area contributed by atoms with Crippen LogP contribution in [0.2, 0.25) is 0 Å². The summed E-state index contributed by atoms with van der Waals surface area (Å²) in [6.45, 7) is 4.32. The minimum Gasteiger partial charge on any atom is -0.474 e. The van der Waals surface area contributed by atoms with Crippen molar-refractivity contribution in [1.29, 1.82) is 0 Å². The lowest BCUT2D eigenvalue weighted by atomic mass is 10.0. The van der Waals surface area contributed by atoms with Crippen molar-refractivity contribution in [2.45, 2.75) is 63.7 Å². The Labute approximate surface area is 179 Å². The van der Waals surface area contributed by atoms with Gasteiger partial charge >= 0.3 is 0 Å². The highest BCUT2D eigenvalue weighted by Crippen LogP contribution is 2.16. The Bertz CT molecular complexity index is 752. The van der Waals surface area contributed by atoms with E-state index in [0.29, 0.717) is 12.5 Å². The monoisotopic (exact) mass is 411 g/mol. The number of hydrogen-bond donors (Lipinski definition) is 1. The molecular weight excluding hydrogens is 378 g/mol. The molecule has 2 saturated heterocycles. The molecule has 0 saturated carbocycles. The summed E-state index contributed by atoms with van der Waals surface area (Å²) in [5, 5.41) is 18.2. The highest BCUT2D eigenvalue weighted by atomic mass is 16.5. The Kier molecular flexibility index (Phi) is 7.67. The number of piperidine rings is 1. The lowest BCUT2D eigenvalue weighted by Gasteiger charge is -2.29. The molecule has 0 radical (unpaired) electrons. The zero-order chi connectivity index (χ0) is 20.6. The first-order valence-corrected chi connectivity index (χ1v) is 11.3. The van der Waals surface area contributed by atoms with Crippen LogP contribution < -0.4 is 4.74 Å². The van der Waals surface area contributed by atoms with Crippen molar-refractivity contribution in [3.05, 3.63) is 53.2 Å². The molecule has 3 heterocycles. The largest absolute Gasteiger partial charge is 0.474 e. The van der Waals surface area contributed by atoms with Gasteiger partial charge in [0, 0.05) is 32.3 Å². The van der Waals surface area contributed by atoms with Crippen molar-refractivity contribution in [1.82, 2.24) is 15.1 Å². The van der Waals surface area contributed by atoms with E-state index in [1.54, 1.807) is 0 Å². The van der Waals surface area contributed by atoms with Gasteiger partial charge in [0.05, 0.1) is 17.9 Å². The molecule has 6 heteroatoms. The van der Waals surface area contributed by atoms with Crippen LogP contribution in [0.25, 0.3) is 0 Å². The summed E-state index contributed by atoms with van der Waals surface area (Å²) in [5.74, 6) is 0.572. The zero-order valence-corrected chi connectivity index (χ0v) is 17.7. The van der Waals surface area contributed by atoms with E-state index in [-0.39, 0.29) is 12.2 Å². The van der Waals surface area contributed by atoms with Gasteiger partial charge in [0.25, 0.3) is 0 Å². The van der Waals surface area contributed by atoms with E-state index in [9.17, 15) is 5.11 Å². The number of aromatic nitrogens is 2. The Morgan fingerprint density at radius 2 is 1.73 bits per heavy atom. The van der Waals surface area contributed by atoms with Gasteiger partial charge in [-0.05, 0) is 62.1 Å². The molecule has 0 bridgehead atoms. The standard InChI is InChI=1S/C24H33N3O3/c28-22-12-14-27(15-13-22)17-20-6-4-19(5-7-20)8-9-21-10-11-24(26-25-21)30-18-23-3-1-2-16-29-23/h4-7,10-11,22-23,28H,1-3,8-9,12-18H2. The van der Waals surface area contributed by atoms with E-state index in [0.717, 1.165) is 70.5 Å². The molecule has 1 atom stereocenters. The first-order valence-electron chi connectivity index (χ1n) is 11.3. The van der Waals surface area contributed by atoms with E-state index >= 15 is 0 Å². The molecule has 2 aromatic rings. The molecule has 30 heavy (non-hydrogen) atoms. The molecule has 0 spiro atoms. The van der Waals surface area contributed by atoms with Crippen LogP contribution in [-0.2, 0) is 24.1 Å². The predicted molar refractivity (Wildman–Crippen MR) is 115 cm³/mol. The van der Waals surface area contributed by atoms with E-state index in [2.05, 4.69) is 39.4 Å². The average Bonchev–Trinajstić information content (AvgIpc) is 2.80. The van der Waals surface area contributed by atoms with Crippen LogP contribution in [0.15, 0.2) is 36.4 Å². The van der Waals surface area contributed by atoms with E-state index in [1.807, 2.05) is 12.1 Å². The summed E-state index contributed by atoms with van der Waals surface area (Å²) in [4.78, 5) is 2.42. The summed E-state index contributed by atoms with van der Waals surface area (Å²) in [5.41, 5.74) is 3.62. The number of aliphatic hydroxyl groups excluding tert-OH is 1. The fraction of sp³-hybridized carbons (Fsp3) is 0.583. The van der Waals surface area contributed by atoms with Gasteiger partial charge in [0.1, 0.15) is 6.61 Å². The van der Waals surface area contributed by atoms with Crippen molar-refractivity contribution < 1.29 is 14.6 Å². The van der Waals surface area contributed by atoms with Gasteiger partial charge in [-0.15, -0.1) is 5.10 Å². The van der Waals surface area contributed by atoms with Crippen molar-refractivity contribution in [3.8, 4) is 5.88 Å². The van der Waals surface area contributed by atoms with Crippen molar-refractivity contribution in [2.75, 3.05) is 26.3 Å². The second-order valence-electron chi connectivity index (χ2n) is 8.49. The number of aliphatic hydroxyl groups is 1. The highest BCUT2D eigenvalue weighted by Gasteiger charge is 2.17. The molecule has 0 amide bonds. The number of likely N-dealkylation sites (tertiary alicyclic amines) is 1. The van der Waals surface area contributed by atoms with Crippen LogP contribution in [-0.4, -0.2) is 58.7 Å². The molecule has 4 rings (SSSR count). The molecule has 1 unspecified atom stereocenters. The van der Waals surface area contributed by atoms with E-state index < -0.39 is 0 Å². The Balaban J connectivity index is 1.19. The summed E-state index contributed by atoms with van der Waals surface area (Å²) in [6, 6.07) is 12.8. The van der Waals surface area contributed by atoms with E-state index in [1.165, 1.54) is 17.5 Å². The molecule has 1 N–H and O–H groups in total. The third-order valence-corrected chi connectivity index (χ3v) is 6.04. The van der Waals surface area contributed by atoms with Gasteiger partial charge < -0.3 is 14.6 Å². The van der Waals surface area contributed by atoms with Gasteiger partial charge in [-0.1, -0.05) is 24.3 Å². The second kappa shape index (κ2) is 10.8. The normalized spacial score (nSPS) is 20.9. The minimum absolute atomic E-state index is 0.113. The van der Waals surface area contributed by atoms with Crippen LogP contribution in [0.5, 0.6) is 5.88 Å². The Morgan fingerprint density at radius 1 is 0.933 bits per heavy atom. The minimum atomic E-state index is -0.113. The molecule has 1 aromatic heterocycles. The molecule has 2 aliphatic heterocycles. The lowest BCUT2D eigenvalue weighted by molar-refractivity contribution is -0.0121. The van der Waals surface area contributed by atoms with Crippen molar-refractivity contribution in [3.63, 3.8) is 0 Å². The highest BCUT2D eigenvalue weighted by molar-refractivity contribution is 5.23. The van der Waals surface area contributed by atoms with Crippen LogP contribution in [0.1, 0.15) is 48.9 Å². The first kappa shape index (κ1) is 21.2. The zero-order valence-electron chi connectivity index (χ0n) is 17.7. The van der Waals surface area contributed by atoms with Crippen LogP contribution >= 0.6 is 0 Å². The van der Waals surface area contributed by atoms with Gasteiger partial charge in [0.2, 0.25) is 5.88 Å². The fourth-order valence-corrected chi connectivity index (χ4v) is 4.09. The maximum Gasteiger partial charge on any atom is 0.233 e. The number of hydrogen-bond acceptors (Lipinski definition) is 6. The molecule has 162 valence electrons. The van der Waals surface area contributed by atoms with Crippen molar-refractivity contribution >= 4 is 0 Å². The topological polar surface area (TPSA) is 67.7 Å². The van der Waals surface area contributed by atoms with Crippen LogP contribution in [0, 0.1) is 0 Å². The molecule has 1 aromatic carbocycles. The maximum atomic E-state index is 9.63. The predicted octanol–water partition coefficient (Wildman–Crippen LogP) is 3.17. The molecule has 2 fully saturated rings. The SMILES string of the molecule is OC1CCN(Cc2ccc(CCc3ccc(OCC4CCCCO4)nn3)cc2)CC1. The first-order chi connectivity index (χ1) is 14.7. The molecule has 0 aliphatic carbocycles. The number of rotatable bonds is 8. The van der Waals surface area contributed by atoms with Crippen LogP contribution in [0.4, 0.5) is 0 Å². The number of nitrogens with zero attached hydrogens (tertiary/aromatic N) is 3. The number of aryl methyl sites for hydroxylation is 2. The quantitative estimate of drug-likeness (QED) is 0.720. The Hall–Kier alpha value is -2.02. The van der Waals surface area contributed by atoms with Crippen LogP contribution in [0.3, 0.4) is 0 Å². The van der Waals surface area contributed by atoms with Gasteiger partial charge in [-0.3, -0.25) is 4.90 Å². The van der Waals surface area contributed by atoms with Gasteiger partial charge in [-0.2, -0.15) is 5.10 Å². The lowest BCUT2D eigenvalue weighted by Crippen LogP contribution is -2.35. The molecular formula is C24H33N3O3.